The van der Waals surface area contributed by atoms with E-state index in [1.807, 2.05) is 0 Å². The van der Waals surface area contributed by atoms with E-state index >= 15 is 0 Å². The molecule has 2 N–H and O–H groups in total. The highest BCUT2D eigenvalue weighted by Crippen LogP contribution is 2.28. The van der Waals surface area contributed by atoms with Crippen LogP contribution in [0.1, 0.15) is 57.4 Å². The van der Waals surface area contributed by atoms with Gasteiger partial charge in [-0.15, -0.1) is 0 Å². The van der Waals surface area contributed by atoms with Gasteiger partial charge in [0.25, 0.3) is 0 Å². The largest absolute Gasteiger partial charge is 0.388 e. The Kier molecular flexibility index (Phi) is 4.28. The molecule has 0 heterocycles. The summed E-state index contributed by atoms with van der Waals surface area (Å²) in [6.07, 6.45) is 5.45. The van der Waals surface area contributed by atoms with Gasteiger partial charge in [-0.2, -0.15) is 0 Å². The summed E-state index contributed by atoms with van der Waals surface area (Å²) in [4.78, 5) is 0. The SMILES string of the molecule is CC(C)c1ccc(NCC2(O)CCCCC2)cc1. The monoisotopic (exact) mass is 247 g/mol. The van der Waals surface area contributed by atoms with Gasteiger partial charge in [-0.25, -0.2) is 0 Å². The topological polar surface area (TPSA) is 32.3 Å². The number of anilines is 1. The number of nitrogens with one attached hydrogen (secondary N) is 1. The molecule has 0 saturated heterocycles. The number of hydrogen-bond acceptors (Lipinski definition) is 2. The Morgan fingerprint density at radius 2 is 1.72 bits per heavy atom. The molecule has 1 saturated carbocycles. The van der Waals surface area contributed by atoms with Gasteiger partial charge in [-0.05, 0) is 36.5 Å². The third-order valence-corrected chi connectivity index (χ3v) is 3.98. The van der Waals surface area contributed by atoms with Crippen molar-refractivity contribution in [3.05, 3.63) is 29.8 Å². The Labute approximate surface area is 110 Å². The first-order valence-electron chi connectivity index (χ1n) is 7.15. The van der Waals surface area contributed by atoms with Crippen LogP contribution in [-0.2, 0) is 0 Å². The highest BCUT2D eigenvalue weighted by molar-refractivity contribution is 5.45. The van der Waals surface area contributed by atoms with Crippen LogP contribution >= 0.6 is 0 Å². The average molecular weight is 247 g/mol. The molecule has 0 unspecified atom stereocenters. The summed E-state index contributed by atoms with van der Waals surface area (Å²) in [7, 11) is 0. The Morgan fingerprint density at radius 1 is 1.11 bits per heavy atom. The van der Waals surface area contributed by atoms with E-state index in [0.717, 1.165) is 31.4 Å². The lowest BCUT2D eigenvalue weighted by Gasteiger charge is -2.32. The van der Waals surface area contributed by atoms with Crippen LogP contribution in [0.25, 0.3) is 0 Å². The van der Waals surface area contributed by atoms with Gasteiger partial charge in [0.1, 0.15) is 0 Å². The third-order valence-electron chi connectivity index (χ3n) is 3.98. The van der Waals surface area contributed by atoms with Gasteiger partial charge >= 0.3 is 0 Å². The van der Waals surface area contributed by atoms with Gasteiger partial charge in [0, 0.05) is 12.2 Å². The molecule has 0 radical (unpaired) electrons. The first-order valence-corrected chi connectivity index (χ1v) is 7.15. The smallest absolute Gasteiger partial charge is 0.0819 e. The minimum absolute atomic E-state index is 0.491. The van der Waals surface area contributed by atoms with Gasteiger partial charge < -0.3 is 10.4 Å². The summed E-state index contributed by atoms with van der Waals surface area (Å²) in [5.74, 6) is 0.571. The first kappa shape index (κ1) is 13.4. The molecule has 0 spiro atoms. The zero-order valence-corrected chi connectivity index (χ0v) is 11.6. The second kappa shape index (κ2) is 5.75. The zero-order chi connectivity index (χ0) is 13.0. The maximum Gasteiger partial charge on any atom is 0.0819 e. The van der Waals surface area contributed by atoms with E-state index in [1.54, 1.807) is 0 Å². The van der Waals surface area contributed by atoms with Crippen LogP contribution in [0.15, 0.2) is 24.3 Å². The van der Waals surface area contributed by atoms with Crippen LogP contribution < -0.4 is 5.32 Å². The predicted octanol–water partition coefficient (Wildman–Crippen LogP) is 3.92. The summed E-state index contributed by atoms with van der Waals surface area (Å²) >= 11 is 0. The van der Waals surface area contributed by atoms with Crippen molar-refractivity contribution < 1.29 is 5.11 Å². The Bertz CT molecular complexity index is 363. The van der Waals surface area contributed by atoms with Crippen molar-refractivity contribution in [1.29, 1.82) is 0 Å². The fourth-order valence-electron chi connectivity index (χ4n) is 2.64. The average Bonchev–Trinajstić information content (AvgIpc) is 2.38. The van der Waals surface area contributed by atoms with E-state index < -0.39 is 5.60 Å². The van der Waals surface area contributed by atoms with Gasteiger partial charge in [-0.3, -0.25) is 0 Å². The number of hydrogen-bond donors (Lipinski definition) is 2. The summed E-state index contributed by atoms with van der Waals surface area (Å²) in [5, 5.41) is 13.8. The lowest BCUT2D eigenvalue weighted by Crippen LogP contribution is -2.38. The normalized spacial score (nSPS) is 18.9. The molecule has 2 heteroatoms. The molecule has 1 aliphatic carbocycles. The first-order chi connectivity index (χ1) is 8.59. The van der Waals surface area contributed by atoms with Crippen molar-refractivity contribution in [3.63, 3.8) is 0 Å². The molecule has 0 bridgehead atoms. The highest BCUT2D eigenvalue weighted by atomic mass is 16.3. The molecule has 18 heavy (non-hydrogen) atoms. The minimum Gasteiger partial charge on any atom is -0.388 e. The maximum atomic E-state index is 10.4. The second-order valence-corrected chi connectivity index (χ2v) is 5.92. The Morgan fingerprint density at radius 3 is 2.28 bits per heavy atom. The van der Waals surface area contributed by atoms with E-state index in [0.29, 0.717) is 12.5 Å². The van der Waals surface area contributed by atoms with Gasteiger partial charge in [0.15, 0.2) is 0 Å². The minimum atomic E-state index is -0.491. The highest BCUT2D eigenvalue weighted by Gasteiger charge is 2.28. The maximum absolute atomic E-state index is 10.4. The molecule has 0 aliphatic heterocycles. The van der Waals surface area contributed by atoms with Crippen molar-refractivity contribution in [1.82, 2.24) is 0 Å². The molecule has 0 amide bonds. The molecule has 1 aromatic rings. The van der Waals surface area contributed by atoms with Crippen LogP contribution in [0, 0.1) is 0 Å². The van der Waals surface area contributed by atoms with Gasteiger partial charge in [0.05, 0.1) is 5.60 Å². The zero-order valence-electron chi connectivity index (χ0n) is 11.6. The standard InChI is InChI=1S/C16H25NO/c1-13(2)14-6-8-15(9-7-14)17-12-16(18)10-4-3-5-11-16/h6-9,13,17-18H,3-5,10-12H2,1-2H3. The second-order valence-electron chi connectivity index (χ2n) is 5.92. The van der Waals surface area contributed by atoms with E-state index in [-0.39, 0.29) is 0 Å². The molecule has 0 atom stereocenters. The summed E-state index contributed by atoms with van der Waals surface area (Å²) in [6.45, 7) is 5.08. The number of aliphatic hydroxyl groups is 1. The van der Waals surface area contributed by atoms with Crippen LogP contribution in [0.3, 0.4) is 0 Å². The van der Waals surface area contributed by atoms with Crippen LogP contribution in [-0.4, -0.2) is 17.3 Å². The molecule has 2 rings (SSSR count). The van der Waals surface area contributed by atoms with Crippen LogP contribution in [0.5, 0.6) is 0 Å². The molecule has 1 fully saturated rings. The van der Waals surface area contributed by atoms with Crippen LogP contribution in [0.4, 0.5) is 5.69 Å². The lowest BCUT2D eigenvalue weighted by molar-refractivity contribution is 0.0167. The molecule has 1 aliphatic rings. The number of benzene rings is 1. The van der Waals surface area contributed by atoms with Crippen molar-refractivity contribution in [3.8, 4) is 0 Å². The fraction of sp³-hybridized carbons (Fsp3) is 0.625. The van der Waals surface area contributed by atoms with E-state index in [1.165, 1.54) is 12.0 Å². The molecule has 0 aromatic heterocycles. The van der Waals surface area contributed by atoms with E-state index in [9.17, 15) is 5.11 Å². The number of rotatable bonds is 4. The Hall–Kier alpha value is -1.02. The summed E-state index contributed by atoms with van der Waals surface area (Å²) in [6, 6.07) is 8.55. The van der Waals surface area contributed by atoms with Crippen molar-refractivity contribution in [2.75, 3.05) is 11.9 Å². The molecular weight excluding hydrogens is 222 g/mol. The molecule has 1 aromatic carbocycles. The van der Waals surface area contributed by atoms with Crippen LogP contribution in [0.2, 0.25) is 0 Å². The van der Waals surface area contributed by atoms with Gasteiger partial charge in [-0.1, -0.05) is 45.2 Å². The van der Waals surface area contributed by atoms with E-state index in [2.05, 4.69) is 43.4 Å². The van der Waals surface area contributed by atoms with Crippen molar-refractivity contribution >= 4 is 5.69 Å². The molecular formula is C16H25NO. The van der Waals surface area contributed by atoms with E-state index in [4.69, 9.17) is 0 Å². The summed E-state index contributed by atoms with van der Waals surface area (Å²) < 4.78 is 0. The third kappa shape index (κ3) is 3.49. The molecule has 2 nitrogen and oxygen atoms in total. The summed E-state index contributed by atoms with van der Waals surface area (Å²) in [5.41, 5.74) is 1.98. The lowest BCUT2D eigenvalue weighted by atomic mass is 9.85. The van der Waals surface area contributed by atoms with Gasteiger partial charge in [0.2, 0.25) is 0 Å². The van der Waals surface area contributed by atoms with Crippen molar-refractivity contribution in [2.24, 2.45) is 0 Å². The van der Waals surface area contributed by atoms with Crippen molar-refractivity contribution in [2.45, 2.75) is 57.5 Å². The predicted molar refractivity (Wildman–Crippen MR) is 77.1 cm³/mol. The fourth-order valence-corrected chi connectivity index (χ4v) is 2.64. The molecule has 100 valence electrons. The Balaban J connectivity index is 1.89. The quantitative estimate of drug-likeness (QED) is 0.845.